The van der Waals surface area contributed by atoms with E-state index in [9.17, 15) is 19.3 Å². The highest BCUT2D eigenvalue weighted by Crippen LogP contribution is 2.27. The van der Waals surface area contributed by atoms with Crippen LogP contribution in [0.3, 0.4) is 0 Å². The quantitative estimate of drug-likeness (QED) is 0.652. The van der Waals surface area contributed by atoms with Crippen LogP contribution >= 0.6 is 0 Å². The SMILES string of the molecule is CCCNC(=O)Nc1nc(-c2ccc(F)cc2)ccc1[N+](=O)[O-]. The minimum Gasteiger partial charge on any atom is -0.338 e. The normalized spacial score (nSPS) is 10.2. The number of amides is 2. The molecule has 0 saturated carbocycles. The zero-order valence-electron chi connectivity index (χ0n) is 12.4. The van der Waals surface area contributed by atoms with Crippen LogP contribution in [-0.2, 0) is 0 Å². The van der Waals surface area contributed by atoms with Crippen molar-refractivity contribution in [2.75, 3.05) is 11.9 Å². The summed E-state index contributed by atoms with van der Waals surface area (Å²) in [6.07, 6.45) is 0.735. The lowest BCUT2D eigenvalue weighted by atomic mass is 10.1. The summed E-state index contributed by atoms with van der Waals surface area (Å²) in [7, 11) is 0. The van der Waals surface area contributed by atoms with E-state index in [0.717, 1.165) is 6.42 Å². The molecule has 0 fully saturated rings. The summed E-state index contributed by atoms with van der Waals surface area (Å²) < 4.78 is 13.0. The molecule has 2 aromatic rings. The first-order valence-corrected chi connectivity index (χ1v) is 6.97. The summed E-state index contributed by atoms with van der Waals surface area (Å²) in [4.78, 5) is 26.2. The van der Waals surface area contributed by atoms with E-state index >= 15 is 0 Å². The number of carbonyl (C=O) groups excluding carboxylic acids is 1. The molecule has 120 valence electrons. The highest BCUT2D eigenvalue weighted by molar-refractivity contribution is 5.90. The number of benzene rings is 1. The monoisotopic (exact) mass is 318 g/mol. The number of nitrogens with one attached hydrogen (secondary N) is 2. The second-order valence-corrected chi connectivity index (χ2v) is 4.71. The fraction of sp³-hybridized carbons (Fsp3) is 0.200. The number of nitrogens with zero attached hydrogens (tertiary/aromatic N) is 2. The average Bonchev–Trinajstić information content (AvgIpc) is 2.53. The molecule has 0 atom stereocenters. The van der Waals surface area contributed by atoms with Crippen molar-refractivity contribution < 1.29 is 14.1 Å². The van der Waals surface area contributed by atoms with Crippen LogP contribution in [0.5, 0.6) is 0 Å². The minimum atomic E-state index is -0.628. The molecular formula is C15H15FN4O3. The predicted molar refractivity (Wildman–Crippen MR) is 83.6 cm³/mol. The molecule has 0 aliphatic rings. The Kier molecular flexibility index (Phi) is 5.19. The standard InChI is InChI=1S/C15H15FN4O3/c1-2-9-17-15(21)19-14-13(20(22)23)8-7-12(18-14)10-3-5-11(16)6-4-10/h3-8H,2,9H2,1H3,(H2,17,18,19,21). The van der Waals surface area contributed by atoms with Crippen molar-refractivity contribution in [3.63, 3.8) is 0 Å². The van der Waals surface area contributed by atoms with E-state index in [1.807, 2.05) is 6.92 Å². The maximum Gasteiger partial charge on any atom is 0.320 e. The Morgan fingerprint density at radius 2 is 1.96 bits per heavy atom. The topological polar surface area (TPSA) is 97.2 Å². The van der Waals surface area contributed by atoms with Crippen molar-refractivity contribution >= 4 is 17.5 Å². The molecule has 7 nitrogen and oxygen atoms in total. The van der Waals surface area contributed by atoms with E-state index in [1.54, 1.807) is 0 Å². The molecule has 2 rings (SSSR count). The molecule has 1 heterocycles. The Hall–Kier alpha value is -3.03. The van der Waals surface area contributed by atoms with E-state index in [4.69, 9.17) is 0 Å². The number of urea groups is 1. The number of rotatable bonds is 5. The number of nitro groups is 1. The molecule has 2 amide bonds. The van der Waals surface area contributed by atoms with E-state index in [0.29, 0.717) is 17.8 Å². The van der Waals surface area contributed by atoms with Crippen molar-refractivity contribution in [1.29, 1.82) is 0 Å². The zero-order chi connectivity index (χ0) is 16.8. The lowest BCUT2D eigenvalue weighted by molar-refractivity contribution is -0.384. The smallest absolute Gasteiger partial charge is 0.320 e. The van der Waals surface area contributed by atoms with Crippen LogP contribution in [0, 0.1) is 15.9 Å². The number of halogens is 1. The molecule has 0 saturated heterocycles. The number of anilines is 1. The Balaban J connectivity index is 2.33. The van der Waals surface area contributed by atoms with Gasteiger partial charge in [-0.05, 0) is 36.8 Å². The van der Waals surface area contributed by atoms with Gasteiger partial charge in [0.25, 0.3) is 0 Å². The van der Waals surface area contributed by atoms with Crippen LogP contribution in [0.15, 0.2) is 36.4 Å². The third-order valence-electron chi connectivity index (χ3n) is 2.98. The summed E-state index contributed by atoms with van der Waals surface area (Å²) in [6.45, 7) is 2.33. The highest BCUT2D eigenvalue weighted by Gasteiger charge is 2.18. The van der Waals surface area contributed by atoms with Gasteiger partial charge in [-0.15, -0.1) is 0 Å². The lowest BCUT2D eigenvalue weighted by Gasteiger charge is -2.08. The summed E-state index contributed by atoms with van der Waals surface area (Å²) >= 11 is 0. The van der Waals surface area contributed by atoms with Crippen molar-refractivity contribution in [1.82, 2.24) is 10.3 Å². The number of hydrogen-bond donors (Lipinski definition) is 2. The number of pyridine rings is 1. The molecule has 23 heavy (non-hydrogen) atoms. The number of hydrogen-bond acceptors (Lipinski definition) is 4. The third-order valence-corrected chi connectivity index (χ3v) is 2.98. The Bertz CT molecular complexity index is 719. The van der Waals surface area contributed by atoms with Crippen LogP contribution in [0.1, 0.15) is 13.3 Å². The van der Waals surface area contributed by atoms with Gasteiger partial charge in [-0.1, -0.05) is 6.92 Å². The van der Waals surface area contributed by atoms with Crippen LogP contribution in [0.2, 0.25) is 0 Å². The molecule has 0 radical (unpaired) electrons. The van der Waals surface area contributed by atoms with Gasteiger partial charge in [0, 0.05) is 18.2 Å². The van der Waals surface area contributed by atoms with E-state index in [-0.39, 0.29) is 11.5 Å². The van der Waals surface area contributed by atoms with Gasteiger partial charge in [-0.3, -0.25) is 15.4 Å². The maximum absolute atomic E-state index is 13.0. The van der Waals surface area contributed by atoms with Gasteiger partial charge >= 0.3 is 11.7 Å². The molecule has 8 heteroatoms. The summed E-state index contributed by atoms with van der Waals surface area (Å²) in [5.74, 6) is -0.557. The summed E-state index contributed by atoms with van der Waals surface area (Å²) in [5.41, 5.74) is 0.655. The fourth-order valence-electron chi connectivity index (χ4n) is 1.86. The molecule has 1 aromatic heterocycles. The lowest BCUT2D eigenvalue weighted by Crippen LogP contribution is -2.29. The summed E-state index contributed by atoms with van der Waals surface area (Å²) in [6, 6.07) is 7.66. The first kappa shape index (κ1) is 16.3. The van der Waals surface area contributed by atoms with E-state index < -0.39 is 16.8 Å². The third kappa shape index (κ3) is 4.22. The van der Waals surface area contributed by atoms with Crippen molar-refractivity contribution in [2.45, 2.75) is 13.3 Å². The van der Waals surface area contributed by atoms with Gasteiger partial charge in [0.2, 0.25) is 5.82 Å². The summed E-state index contributed by atoms with van der Waals surface area (Å²) in [5, 5.41) is 16.0. The van der Waals surface area contributed by atoms with Crippen molar-refractivity contribution in [3.8, 4) is 11.3 Å². The first-order valence-electron chi connectivity index (χ1n) is 6.97. The van der Waals surface area contributed by atoms with Gasteiger partial charge in [0.1, 0.15) is 5.82 Å². The van der Waals surface area contributed by atoms with E-state index in [1.165, 1.54) is 36.4 Å². The number of aromatic nitrogens is 1. The fourth-order valence-corrected chi connectivity index (χ4v) is 1.86. The van der Waals surface area contributed by atoms with Gasteiger partial charge in [0.15, 0.2) is 0 Å². The van der Waals surface area contributed by atoms with Crippen LogP contribution in [0.25, 0.3) is 11.3 Å². The molecule has 0 bridgehead atoms. The number of carbonyl (C=O) groups is 1. The van der Waals surface area contributed by atoms with Crippen LogP contribution in [-0.4, -0.2) is 22.5 Å². The Labute approximate surface area is 131 Å². The highest BCUT2D eigenvalue weighted by atomic mass is 19.1. The maximum atomic E-state index is 13.0. The average molecular weight is 318 g/mol. The molecule has 0 aliphatic carbocycles. The second-order valence-electron chi connectivity index (χ2n) is 4.71. The predicted octanol–water partition coefficient (Wildman–Crippen LogP) is 3.33. The van der Waals surface area contributed by atoms with Gasteiger partial charge in [0.05, 0.1) is 10.6 Å². The molecular weight excluding hydrogens is 303 g/mol. The van der Waals surface area contributed by atoms with Crippen LogP contribution < -0.4 is 10.6 Å². The van der Waals surface area contributed by atoms with Crippen molar-refractivity contribution in [2.24, 2.45) is 0 Å². The van der Waals surface area contributed by atoms with Crippen molar-refractivity contribution in [3.05, 3.63) is 52.3 Å². The van der Waals surface area contributed by atoms with Gasteiger partial charge in [-0.25, -0.2) is 14.2 Å². The molecule has 0 spiro atoms. The van der Waals surface area contributed by atoms with Gasteiger partial charge < -0.3 is 5.32 Å². The molecule has 2 N–H and O–H groups in total. The van der Waals surface area contributed by atoms with E-state index in [2.05, 4.69) is 15.6 Å². The molecule has 1 aromatic carbocycles. The Morgan fingerprint density at radius 1 is 1.26 bits per heavy atom. The van der Waals surface area contributed by atoms with Gasteiger partial charge in [-0.2, -0.15) is 0 Å². The largest absolute Gasteiger partial charge is 0.338 e. The first-order chi connectivity index (χ1) is 11.0. The molecule has 0 aliphatic heterocycles. The zero-order valence-corrected chi connectivity index (χ0v) is 12.4. The second kappa shape index (κ2) is 7.30. The van der Waals surface area contributed by atoms with Crippen LogP contribution in [0.4, 0.5) is 20.7 Å². The minimum absolute atomic E-state index is 0.162. The Morgan fingerprint density at radius 3 is 2.57 bits per heavy atom. The molecule has 0 unspecified atom stereocenters.